The molecule has 0 saturated carbocycles. The third kappa shape index (κ3) is 4.63. The highest BCUT2D eigenvalue weighted by Crippen LogP contribution is 2.32. The molecule has 1 fully saturated rings. The molecule has 6 rings (SSSR count). The standard InChI is InChI=1S/C30H28FN5O3/c1-2-19-18-32-26(29(38)36-14-8-21-15-22(31)3-6-27(21)36)17-28(19)34-11-9-23(10-12-34)35-13-7-20-16-24(37)4-5-25(20)33-30(35)39/h1,3-6,15-18,23,37H,7-14H2,(H,33,39). The maximum atomic E-state index is 13.6. The van der Waals surface area contributed by atoms with Crippen molar-refractivity contribution in [1.29, 1.82) is 0 Å². The average Bonchev–Trinajstić information content (AvgIpc) is 3.29. The molecule has 0 unspecified atom stereocenters. The summed E-state index contributed by atoms with van der Waals surface area (Å²) in [5.74, 6) is 2.32. The Bertz CT molecular complexity index is 1510. The number of amides is 3. The summed E-state index contributed by atoms with van der Waals surface area (Å²) >= 11 is 0. The third-order valence-corrected chi connectivity index (χ3v) is 7.90. The molecule has 39 heavy (non-hydrogen) atoms. The van der Waals surface area contributed by atoms with Gasteiger partial charge in [-0.05, 0) is 79.3 Å². The molecule has 8 nitrogen and oxygen atoms in total. The Kier molecular flexibility index (Phi) is 6.31. The summed E-state index contributed by atoms with van der Waals surface area (Å²) in [5, 5.41) is 12.8. The molecular formula is C30H28FN5O3. The van der Waals surface area contributed by atoms with E-state index in [9.17, 15) is 19.1 Å². The van der Waals surface area contributed by atoms with Gasteiger partial charge in [-0.3, -0.25) is 4.79 Å². The minimum atomic E-state index is -0.313. The lowest BCUT2D eigenvalue weighted by molar-refractivity contribution is 0.0984. The van der Waals surface area contributed by atoms with Gasteiger partial charge in [0.1, 0.15) is 17.3 Å². The van der Waals surface area contributed by atoms with Crippen molar-refractivity contribution in [3.8, 4) is 18.1 Å². The summed E-state index contributed by atoms with van der Waals surface area (Å²) in [6.07, 6.45) is 10.1. The third-order valence-electron chi connectivity index (χ3n) is 7.90. The number of rotatable bonds is 3. The SMILES string of the molecule is C#Cc1cnc(C(=O)N2CCc3cc(F)ccc32)cc1N1CCC(N2CCc3cc(O)ccc3NC2=O)CC1. The lowest BCUT2D eigenvalue weighted by Gasteiger charge is -2.39. The molecule has 0 aliphatic carbocycles. The Balaban J connectivity index is 1.17. The highest BCUT2D eigenvalue weighted by atomic mass is 19.1. The van der Waals surface area contributed by atoms with Gasteiger partial charge in [-0.25, -0.2) is 14.2 Å². The van der Waals surface area contributed by atoms with E-state index in [0.717, 1.165) is 35.3 Å². The van der Waals surface area contributed by atoms with Gasteiger partial charge >= 0.3 is 6.03 Å². The molecule has 0 radical (unpaired) electrons. The van der Waals surface area contributed by atoms with Crippen LogP contribution in [0.25, 0.3) is 0 Å². The quantitative estimate of drug-likeness (QED) is 0.396. The number of benzene rings is 2. The van der Waals surface area contributed by atoms with Crippen LogP contribution >= 0.6 is 0 Å². The van der Waals surface area contributed by atoms with Crippen LogP contribution in [0.15, 0.2) is 48.7 Å². The van der Waals surface area contributed by atoms with Gasteiger partial charge in [-0.15, -0.1) is 6.42 Å². The molecule has 3 amide bonds. The van der Waals surface area contributed by atoms with Gasteiger partial charge < -0.3 is 25.1 Å². The molecule has 3 aromatic rings. The number of hydrogen-bond donors (Lipinski definition) is 2. The van der Waals surface area contributed by atoms with Gasteiger partial charge in [0.2, 0.25) is 0 Å². The van der Waals surface area contributed by atoms with E-state index in [1.54, 1.807) is 41.4 Å². The number of nitrogens with zero attached hydrogens (tertiary/aromatic N) is 4. The number of phenolic OH excluding ortho intramolecular Hbond substituents is 1. The first-order chi connectivity index (χ1) is 18.9. The largest absolute Gasteiger partial charge is 0.508 e. The lowest BCUT2D eigenvalue weighted by Crippen LogP contribution is -2.49. The van der Waals surface area contributed by atoms with E-state index in [1.165, 1.54) is 12.1 Å². The number of carbonyl (C=O) groups excluding carboxylic acids is 2. The van der Waals surface area contributed by atoms with Crippen LogP contribution in [0.2, 0.25) is 0 Å². The Morgan fingerprint density at radius 2 is 1.82 bits per heavy atom. The summed E-state index contributed by atoms with van der Waals surface area (Å²) in [4.78, 5) is 36.4. The van der Waals surface area contributed by atoms with Crippen molar-refractivity contribution < 1.29 is 19.1 Å². The van der Waals surface area contributed by atoms with Crippen LogP contribution < -0.4 is 15.1 Å². The number of aromatic hydroxyl groups is 1. The van der Waals surface area contributed by atoms with Crippen molar-refractivity contribution in [2.75, 3.05) is 41.3 Å². The number of hydrogen-bond acceptors (Lipinski definition) is 5. The molecular weight excluding hydrogens is 497 g/mol. The maximum absolute atomic E-state index is 13.6. The second-order valence-electron chi connectivity index (χ2n) is 10.1. The van der Waals surface area contributed by atoms with Gasteiger partial charge in [0.05, 0.1) is 11.3 Å². The van der Waals surface area contributed by atoms with Crippen LogP contribution in [0.5, 0.6) is 5.75 Å². The van der Waals surface area contributed by atoms with E-state index < -0.39 is 0 Å². The number of urea groups is 1. The van der Waals surface area contributed by atoms with E-state index in [1.807, 2.05) is 4.90 Å². The van der Waals surface area contributed by atoms with E-state index in [-0.39, 0.29) is 35.2 Å². The second kappa shape index (κ2) is 9.95. The van der Waals surface area contributed by atoms with Crippen LogP contribution in [0.3, 0.4) is 0 Å². The van der Waals surface area contributed by atoms with Crippen molar-refractivity contribution in [3.05, 3.63) is 76.9 Å². The first-order valence-electron chi connectivity index (χ1n) is 13.1. The lowest BCUT2D eigenvalue weighted by atomic mass is 10.0. The second-order valence-corrected chi connectivity index (χ2v) is 10.1. The minimum Gasteiger partial charge on any atom is -0.508 e. The highest BCUT2D eigenvalue weighted by molar-refractivity contribution is 6.06. The molecule has 3 aliphatic rings. The molecule has 198 valence electrons. The summed E-state index contributed by atoms with van der Waals surface area (Å²) in [5.41, 5.74) is 4.84. The summed E-state index contributed by atoms with van der Waals surface area (Å²) in [6, 6.07) is 11.2. The number of phenols is 1. The Morgan fingerprint density at radius 1 is 1.03 bits per heavy atom. The first kappa shape index (κ1) is 24.7. The smallest absolute Gasteiger partial charge is 0.322 e. The van der Waals surface area contributed by atoms with E-state index in [4.69, 9.17) is 6.42 Å². The predicted octanol–water partition coefficient (Wildman–Crippen LogP) is 4.17. The van der Waals surface area contributed by atoms with Crippen molar-refractivity contribution >= 4 is 29.0 Å². The van der Waals surface area contributed by atoms with Crippen LogP contribution in [0.1, 0.15) is 40.0 Å². The number of fused-ring (bicyclic) bond motifs is 2. The van der Waals surface area contributed by atoms with Crippen molar-refractivity contribution in [3.63, 3.8) is 0 Å². The Hall–Kier alpha value is -4.58. The molecule has 1 saturated heterocycles. The number of piperidine rings is 1. The van der Waals surface area contributed by atoms with Gasteiger partial charge in [0.25, 0.3) is 5.91 Å². The van der Waals surface area contributed by atoms with Gasteiger partial charge in [-0.1, -0.05) is 5.92 Å². The summed E-state index contributed by atoms with van der Waals surface area (Å²) < 4.78 is 13.6. The molecule has 0 spiro atoms. The van der Waals surface area contributed by atoms with Gasteiger partial charge in [0, 0.05) is 49.8 Å². The maximum Gasteiger partial charge on any atom is 0.322 e. The zero-order valence-corrected chi connectivity index (χ0v) is 21.4. The van der Waals surface area contributed by atoms with Crippen LogP contribution in [-0.2, 0) is 12.8 Å². The number of carbonyl (C=O) groups is 2. The average molecular weight is 526 g/mol. The van der Waals surface area contributed by atoms with E-state index in [0.29, 0.717) is 50.3 Å². The van der Waals surface area contributed by atoms with Gasteiger partial charge in [-0.2, -0.15) is 0 Å². The van der Waals surface area contributed by atoms with E-state index in [2.05, 4.69) is 21.1 Å². The molecule has 9 heteroatoms. The monoisotopic (exact) mass is 525 g/mol. The zero-order valence-electron chi connectivity index (χ0n) is 21.4. The molecule has 2 aromatic carbocycles. The van der Waals surface area contributed by atoms with Crippen LogP contribution in [0, 0.1) is 18.2 Å². The number of terminal acetylenes is 1. The fourth-order valence-electron chi connectivity index (χ4n) is 5.86. The number of anilines is 3. The van der Waals surface area contributed by atoms with Crippen LogP contribution in [0.4, 0.5) is 26.2 Å². The molecule has 4 heterocycles. The Labute approximate surface area is 226 Å². The number of halogens is 1. The van der Waals surface area contributed by atoms with Crippen LogP contribution in [-0.4, -0.2) is 59.1 Å². The first-order valence-corrected chi connectivity index (χ1v) is 13.1. The molecule has 2 N–H and O–H groups in total. The summed E-state index contributed by atoms with van der Waals surface area (Å²) in [7, 11) is 0. The van der Waals surface area contributed by atoms with E-state index >= 15 is 0 Å². The minimum absolute atomic E-state index is 0.0582. The molecule has 3 aliphatic heterocycles. The number of pyridine rings is 1. The number of aromatic nitrogens is 1. The van der Waals surface area contributed by atoms with Crippen molar-refractivity contribution in [2.24, 2.45) is 0 Å². The van der Waals surface area contributed by atoms with Crippen molar-refractivity contribution in [1.82, 2.24) is 9.88 Å². The zero-order chi connectivity index (χ0) is 27.1. The highest BCUT2D eigenvalue weighted by Gasteiger charge is 2.32. The fraction of sp³-hybridized carbons (Fsp3) is 0.300. The molecule has 0 atom stereocenters. The topological polar surface area (TPSA) is 89.0 Å². The normalized spacial score (nSPS) is 17.2. The molecule has 0 bridgehead atoms. The van der Waals surface area contributed by atoms with Gasteiger partial charge in [0.15, 0.2) is 0 Å². The Morgan fingerprint density at radius 3 is 2.62 bits per heavy atom. The fourth-order valence-corrected chi connectivity index (χ4v) is 5.86. The van der Waals surface area contributed by atoms with Crippen molar-refractivity contribution in [2.45, 2.75) is 31.7 Å². The molecule has 1 aromatic heterocycles. The number of nitrogens with one attached hydrogen (secondary N) is 1. The summed E-state index contributed by atoms with van der Waals surface area (Å²) in [6.45, 7) is 2.37. The predicted molar refractivity (Wildman–Crippen MR) is 147 cm³/mol.